The van der Waals surface area contributed by atoms with Crippen LogP contribution < -0.4 is 10.6 Å². The van der Waals surface area contributed by atoms with E-state index in [1.165, 1.54) is 6.26 Å². The number of amides is 2. The third-order valence-corrected chi connectivity index (χ3v) is 3.28. The molecule has 1 saturated heterocycles. The van der Waals surface area contributed by atoms with Gasteiger partial charge in [-0.05, 0) is 18.8 Å². The molecule has 2 rings (SSSR count). The minimum atomic E-state index is -0.665. The smallest absolute Gasteiger partial charge is 0.329 e. The standard InChI is InChI=1S/C12H17N3O4/c1-7-8(6-19-15-7)13-11(17)14-9-10(16)18-5-4-12(9,2)3/h6,9H,4-5H2,1-3H3,(H2,13,14,17). The third-order valence-electron chi connectivity index (χ3n) is 3.28. The molecule has 1 aromatic rings. The summed E-state index contributed by atoms with van der Waals surface area (Å²) in [5, 5.41) is 8.86. The van der Waals surface area contributed by atoms with Crippen LogP contribution in [0.15, 0.2) is 10.8 Å². The average molecular weight is 267 g/mol. The Morgan fingerprint density at radius 3 is 2.84 bits per heavy atom. The number of hydrogen-bond acceptors (Lipinski definition) is 5. The van der Waals surface area contributed by atoms with Crippen LogP contribution in [0.25, 0.3) is 0 Å². The van der Waals surface area contributed by atoms with E-state index in [2.05, 4.69) is 15.8 Å². The molecule has 1 unspecified atom stereocenters. The fraction of sp³-hybridized carbons (Fsp3) is 0.583. The van der Waals surface area contributed by atoms with Gasteiger partial charge in [-0.2, -0.15) is 0 Å². The number of esters is 1. The minimum absolute atomic E-state index is 0.337. The summed E-state index contributed by atoms with van der Waals surface area (Å²) >= 11 is 0. The van der Waals surface area contributed by atoms with Gasteiger partial charge in [-0.25, -0.2) is 9.59 Å². The van der Waals surface area contributed by atoms with Gasteiger partial charge in [0, 0.05) is 0 Å². The first-order valence-electron chi connectivity index (χ1n) is 6.05. The topological polar surface area (TPSA) is 93.5 Å². The van der Waals surface area contributed by atoms with Gasteiger partial charge in [-0.3, -0.25) is 0 Å². The fourth-order valence-corrected chi connectivity index (χ4v) is 1.92. The van der Waals surface area contributed by atoms with Crippen LogP contribution in [0.4, 0.5) is 10.5 Å². The zero-order valence-corrected chi connectivity index (χ0v) is 11.1. The van der Waals surface area contributed by atoms with Crippen molar-refractivity contribution < 1.29 is 18.8 Å². The molecule has 1 aliphatic rings. The summed E-state index contributed by atoms with van der Waals surface area (Å²) in [6.45, 7) is 5.93. The van der Waals surface area contributed by atoms with Crippen LogP contribution in [-0.2, 0) is 9.53 Å². The Bertz CT molecular complexity index is 495. The van der Waals surface area contributed by atoms with E-state index < -0.39 is 18.0 Å². The van der Waals surface area contributed by atoms with Crippen LogP contribution in [-0.4, -0.2) is 29.8 Å². The molecule has 0 bridgehead atoms. The van der Waals surface area contributed by atoms with Gasteiger partial charge in [0.15, 0.2) is 0 Å². The number of cyclic esters (lactones) is 1. The molecule has 2 heterocycles. The molecule has 1 aromatic heterocycles. The van der Waals surface area contributed by atoms with Crippen molar-refractivity contribution >= 4 is 17.7 Å². The number of carbonyl (C=O) groups excluding carboxylic acids is 2. The number of ether oxygens (including phenoxy) is 1. The largest absolute Gasteiger partial charge is 0.464 e. The van der Waals surface area contributed by atoms with Crippen molar-refractivity contribution in [3.8, 4) is 0 Å². The minimum Gasteiger partial charge on any atom is -0.464 e. The lowest BCUT2D eigenvalue weighted by molar-refractivity contribution is -0.155. The van der Waals surface area contributed by atoms with Crippen LogP contribution >= 0.6 is 0 Å². The van der Waals surface area contributed by atoms with Crippen molar-refractivity contribution in [2.24, 2.45) is 5.41 Å². The fourth-order valence-electron chi connectivity index (χ4n) is 1.92. The molecule has 0 spiro atoms. The van der Waals surface area contributed by atoms with Gasteiger partial charge < -0.3 is 19.9 Å². The highest BCUT2D eigenvalue weighted by atomic mass is 16.5. The van der Waals surface area contributed by atoms with Crippen LogP contribution in [0, 0.1) is 12.3 Å². The first kappa shape index (κ1) is 13.4. The van der Waals surface area contributed by atoms with E-state index in [1.54, 1.807) is 6.92 Å². The highest BCUT2D eigenvalue weighted by Gasteiger charge is 2.41. The quantitative estimate of drug-likeness (QED) is 0.791. The molecule has 1 aliphatic heterocycles. The number of rotatable bonds is 2. The predicted octanol–water partition coefficient (Wildman–Crippen LogP) is 1.45. The molecule has 0 aliphatic carbocycles. The summed E-state index contributed by atoms with van der Waals surface area (Å²) in [5.41, 5.74) is 0.705. The second kappa shape index (κ2) is 4.91. The van der Waals surface area contributed by atoms with Crippen molar-refractivity contribution in [1.29, 1.82) is 0 Å². The number of carbonyl (C=O) groups is 2. The summed E-state index contributed by atoms with van der Waals surface area (Å²) in [4.78, 5) is 23.6. The molecule has 2 amide bonds. The van der Waals surface area contributed by atoms with E-state index in [0.29, 0.717) is 24.4 Å². The second-order valence-corrected chi connectivity index (χ2v) is 5.25. The predicted molar refractivity (Wildman–Crippen MR) is 66.5 cm³/mol. The average Bonchev–Trinajstić information content (AvgIpc) is 2.70. The van der Waals surface area contributed by atoms with E-state index in [-0.39, 0.29) is 5.41 Å². The maximum Gasteiger partial charge on any atom is 0.329 e. The van der Waals surface area contributed by atoms with Gasteiger partial charge in [0.25, 0.3) is 0 Å². The molecule has 7 heteroatoms. The zero-order valence-electron chi connectivity index (χ0n) is 11.1. The summed E-state index contributed by atoms with van der Waals surface area (Å²) in [6.07, 6.45) is 2.04. The molecule has 0 radical (unpaired) electrons. The normalized spacial score (nSPS) is 21.6. The Hall–Kier alpha value is -2.05. The number of aromatic nitrogens is 1. The first-order valence-corrected chi connectivity index (χ1v) is 6.05. The molecular formula is C12H17N3O4. The number of hydrogen-bond donors (Lipinski definition) is 2. The summed E-state index contributed by atoms with van der Waals surface area (Å²) in [5.74, 6) is -0.409. The zero-order chi connectivity index (χ0) is 14.0. The third kappa shape index (κ3) is 2.86. The van der Waals surface area contributed by atoms with Crippen molar-refractivity contribution in [1.82, 2.24) is 10.5 Å². The van der Waals surface area contributed by atoms with Crippen LogP contribution in [0.2, 0.25) is 0 Å². The summed E-state index contributed by atoms with van der Waals surface area (Å²) in [6, 6.07) is -1.15. The van der Waals surface area contributed by atoms with Crippen molar-refractivity contribution in [3.63, 3.8) is 0 Å². The monoisotopic (exact) mass is 267 g/mol. The first-order chi connectivity index (χ1) is 8.90. The van der Waals surface area contributed by atoms with E-state index in [4.69, 9.17) is 9.26 Å². The van der Waals surface area contributed by atoms with Gasteiger partial charge >= 0.3 is 12.0 Å². The van der Waals surface area contributed by atoms with E-state index in [9.17, 15) is 9.59 Å². The Morgan fingerprint density at radius 1 is 1.53 bits per heavy atom. The lowest BCUT2D eigenvalue weighted by Gasteiger charge is -2.36. The van der Waals surface area contributed by atoms with E-state index in [1.807, 2.05) is 13.8 Å². The molecule has 1 fully saturated rings. The number of nitrogens with one attached hydrogen (secondary N) is 2. The summed E-state index contributed by atoms with van der Waals surface area (Å²) in [7, 11) is 0. The maximum atomic E-state index is 11.9. The molecule has 104 valence electrons. The Balaban J connectivity index is 2.01. The lowest BCUT2D eigenvalue weighted by Crippen LogP contribution is -2.55. The van der Waals surface area contributed by atoms with Crippen LogP contribution in [0.1, 0.15) is 26.0 Å². The van der Waals surface area contributed by atoms with Crippen molar-refractivity contribution in [2.45, 2.75) is 33.2 Å². The molecule has 0 aromatic carbocycles. The Morgan fingerprint density at radius 2 is 2.26 bits per heavy atom. The lowest BCUT2D eigenvalue weighted by atomic mass is 9.80. The van der Waals surface area contributed by atoms with Crippen molar-refractivity contribution in [2.75, 3.05) is 11.9 Å². The van der Waals surface area contributed by atoms with Gasteiger partial charge in [-0.1, -0.05) is 19.0 Å². The summed E-state index contributed by atoms with van der Waals surface area (Å²) < 4.78 is 9.69. The Kier molecular flexibility index (Phi) is 3.46. The molecule has 0 saturated carbocycles. The van der Waals surface area contributed by atoms with Gasteiger partial charge in [0.1, 0.15) is 23.7 Å². The second-order valence-electron chi connectivity index (χ2n) is 5.25. The van der Waals surface area contributed by atoms with E-state index >= 15 is 0 Å². The molecule has 19 heavy (non-hydrogen) atoms. The van der Waals surface area contributed by atoms with Gasteiger partial charge in [0.2, 0.25) is 0 Å². The number of aryl methyl sites for hydroxylation is 1. The highest BCUT2D eigenvalue weighted by molar-refractivity contribution is 5.93. The molecular weight excluding hydrogens is 250 g/mol. The molecule has 2 N–H and O–H groups in total. The molecule has 7 nitrogen and oxygen atoms in total. The SMILES string of the molecule is Cc1nocc1NC(=O)NC1C(=O)OCCC1(C)C. The van der Waals surface area contributed by atoms with E-state index in [0.717, 1.165) is 0 Å². The number of anilines is 1. The van der Waals surface area contributed by atoms with Crippen molar-refractivity contribution in [3.05, 3.63) is 12.0 Å². The number of nitrogens with zero attached hydrogens (tertiary/aromatic N) is 1. The number of urea groups is 1. The Labute approximate surface area is 110 Å². The van der Waals surface area contributed by atoms with Crippen LogP contribution in [0.3, 0.4) is 0 Å². The highest BCUT2D eigenvalue weighted by Crippen LogP contribution is 2.30. The van der Waals surface area contributed by atoms with Gasteiger partial charge in [-0.15, -0.1) is 0 Å². The van der Waals surface area contributed by atoms with Crippen LogP contribution in [0.5, 0.6) is 0 Å². The molecule has 1 atom stereocenters. The van der Waals surface area contributed by atoms with Gasteiger partial charge in [0.05, 0.1) is 6.61 Å². The maximum absolute atomic E-state index is 11.9.